The van der Waals surface area contributed by atoms with Gasteiger partial charge in [0, 0.05) is 16.3 Å². The summed E-state index contributed by atoms with van der Waals surface area (Å²) in [6.45, 7) is 2.51. The van der Waals surface area contributed by atoms with Crippen LogP contribution in [-0.2, 0) is 4.74 Å². The molecule has 0 aromatic heterocycles. The van der Waals surface area contributed by atoms with Gasteiger partial charge in [0.1, 0.15) is 0 Å². The molecule has 132 valence electrons. The fourth-order valence-electron chi connectivity index (χ4n) is 2.08. The van der Waals surface area contributed by atoms with Crippen molar-refractivity contribution in [2.45, 2.75) is 24.7 Å². The van der Waals surface area contributed by atoms with Crippen molar-refractivity contribution in [1.82, 2.24) is 0 Å². The first-order chi connectivity index (χ1) is 12.1. The van der Waals surface area contributed by atoms with Gasteiger partial charge in [-0.15, -0.1) is 11.8 Å². The highest BCUT2D eigenvalue weighted by Crippen LogP contribution is 2.19. The largest absolute Gasteiger partial charge is 0.462 e. The number of esters is 1. The Labute approximate surface area is 158 Å². The van der Waals surface area contributed by atoms with Crippen LogP contribution in [0.1, 0.15) is 30.1 Å². The molecule has 0 unspecified atom stereocenters. The van der Waals surface area contributed by atoms with Gasteiger partial charge in [0.05, 0.1) is 12.2 Å². The zero-order chi connectivity index (χ0) is 18.1. The Morgan fingerprint density at radius 2 is 1.84 bits per heavy atom. The van der Waals surface area contributed by atoms with Gasteiger partial charge in [-0.3, -0.25) is 0 Å². The minimum atomic E-state index is -0.297. The fourth-order valence-corrected chi connectivity index (χ4v) is 2.77. The monoisotopic (exact) mass is 374 g/mol. The highest BCUT2D eigenvalue weighted by atomic mass is 32.2. The molecule has 0 saturated heterocycles. The summed E-state index contributed by atoms with van der Waals surface area (Å²) >= 11 is 7.01. The third kappa shape index (κ3) is 6.40. The predicted octanol–water partition coefficient (Wildman–Crippen LogP) is 5.17. The lowest BCUT2D eigenvalue weighted by atomic mass is 10.2. The number of carbonyl (C=O) groups is 1. The molecule has 0 atom stereocenters. The molecule has 0 saturated carbocycles. The van der Waals surface area contributed by atoms with Gasteiger partial charge in [-0.05, 0) is 67.4 Å². The van der Waals surface area contributed by atoms with E-state index in [-0.39, 0.29) is 5.97 Å². The lowest BCUT2D eigenvalue weighted by Gasteiger charge is -2.11. The third-order valence-corrected chi connectivity index (χ3v) is 4.37. The molecular formula is C19H22N2O2S2. The Morgan fingerprint density at radius 1 is 1.12 bits per heavy atom. The van der Waals surface area contributed by atoms with Crippen LogP contribution in [0.2, 0.25) is 0 Å². The second-order valence-electron chi connectivity index (χ2n) is 5.38. The van der Waals surface area contributed by atoms with E-state index in [0.717, 1.165) is 24.2 Å². The number of hydrogen-bond donors (Lipinski definition) is 2. The molecule has 25 heavy (non-hydrogen) atoms. The van der Waals surface area contributed by atoms with E-state index >= 15 is 0 Å². The van der Waals surface area contributed by atoms with Crippen LogP contribution in [-0.4, -0.2) is 23.9 Å². The highest BCUT2D eigenvalue weighted by molar-refractivity contribution is 7.98. The molecule has 0 heterocycles. The zero-order valence-corrected chi connectivity index (χ0v) is 16.0. The van der Waals surface area contributed by atoms with Gasteiger partial charge in [0.15, 0.2) is 5.11 Å². The van der Waals surface area contributed by atoms with E-state index in [9.17, 15) is 4.79 Å². The Hall–Kier alpha value is -2.05. The summed E-state index contributed by atoms with van der Waals surface area (Å²) < 4.78 is 5.19. The summed E-state index contributed by atoms with van der Waals surface area (Å²) in [7, 11) is 0. The number of thiocarbonyl (C=S) groups is 1. The van der Waals surface area contributed by atoms with Gasteiger partial charge in [0.2, 0.25) is 0 Å². The van der Waals surface area contributed by atoms with Crippen LogP contribution >= 0.6 is 24.0 Å². The van der Waals surface area contributed by atoms with E-state index in [1.165, 1.54) is 4.90 Å². The lowest BCUT2D eigenvalue weighted by Crippen LogP contribution is -2.19. The average Bonchev–Trinajstić information content (AvgIpc) is 2.62. The molecule has 0 aliphatic heterocycles. The number of carbonyl (C=O) groups excluding carboxylic acids is 1. The fraction of sp³-hybridized carbons (Fsp3) is 0.263. The van der Waals surface area contributed by atoms with Crippen LogP contribution < -0.4 is 10.6 Å². The molecule has 0 fully saturated rings. The molecule has 0 bridgehead atoms. The summed E-state index contributed by atoms with van der Waals surface area (Å²) in [5.74, 6) is -0.297. The molecular weight excluding hydrogens is 352 g/mol. The molecule has 0 amide bonds. The first-order valence-corrected chi connectivity index (χ1v) is 9.75. The van der Waals surface area contributed by atoms with Crippen molar-refractivity contribution in [3.8, 4) is 0 Å². The number of anilines is 2. The van der Waals surface area contributed by atoms with Crippen LogP contribution in [0.5, 0.6) is 0 Å². The minimum absolute atomic E-state index is 0.297. The van der Waals surface area contributed by atoms with Gasteiger partial charge in [0.25, 0.3) is 0 Å². The van der Waals surface area contributed by atoms with E-state index in [2.05, 4.69) is 17.6 Å². The number of hydrogen-bond acceptors (Lipinski definition) is 4. The van der Waals surface area contributed by atoms with Crippen LogP contribution in [0.4, 0.5) is 11.4 Å². The normalized spacial score (nSPS) is 10.2. The second-order valence-corrected chi connectivity index (χ2v) is 6.67. The Balaban J connectivity index is 1.89. The van der Waals surface area contributed by atoms with Crippen molar-refractivity contribution < 1.29 is 9.53 Å². The van der Waals surface area contributed by atoms with Crippen molar-refractivity contribution >= 4 is 46.4 Å². The first kappa shape index (κ1) is 19.3. The summed E-state index contributed by atoms with van der Waals surface area (Å²) in [6, 6.07) is 15.1. The minimum Gasteiger partial charge on any atom is -0.462 e. The van der Waals surface area contributed by atoms with Crippen LogP contribution in [0.3, 0.4) is 0 Å². The number of benzene rings is 2. The maximum absolute atomic E-state index is 11.9. The lowest BCUT2D eigenvalue weighted by molar-refractivity contribution is 0.0500. The van der Waals surface area contributed by atoms with E-state index in [0.29, 0.717) is 17.3 Å². The topological polar surface area (TPSA) is 50.4 Å². The molecule has 0 radical (unpaired) electrons. The van der Waals surface area contributed by atoms with Gasteiger partial charge in [-0.2, -0.15) is 0 Å². The summed E-state index contributed by atoms with van der Waals surface area (Å²) in [5, 5.41) is 6.76. The van der Waals surface area contributed by atoms with Gasteiger partial charge >= 0.3 is 5.97 Å². The maximum atomic E-state index is 11.9. The summed E-state index contributed by atoms with van der Waals surface area (Å²) in [6.07, 6.45) is 3.91. The van der Waals surface area contributed by atoms with Crippen molar-refractivity contribution in [3.05, 3.63) is 54.1 Å². The number of nitrogens with one attached hydrogen (secondary N) is 2. The summed E-state index contributed by atoms with van der Waals surface area (Å²) in [5.41, 5.74) is 2.28. The zero-order valence-electron chi connectivity index (χ0n) is 14.4. The van der Waals surface area contributed by atoms with Crippen LogP contribution in [0.25, 0.3) is 0 Å². The standard InChI is InChI=1S/C19H22N2O2S2/c1-3-4-12-23-18(22)14-8-10-15(11-9-14)20-19(24)21-16-6-5-7-17(13-16)25-2/h5-11,13H,3-4,12H2,1-2H3,(H2,20,21,24). The number of thioether (sulfide) groups is 1. The van der Waals surface area contributed by atoms with Crippen molar-refractivity contribution in [2.24, 2.45) is 0 Å². The van der Waals surface area contributed by atoms with Crippen LogP contribution in [0, 0.1) is 0 Å². The third-order valence-electron chi connectivity index (χ3n) is 3.44. The molecule has 2 rings (SSSR count). The van der Waals surface area contributed by atoms with Crippen molar-refractivity contribution in [3.63, 3.8) is 0 Å². The molecule has 0 aliphatic carbocycles. The molecule has 0 aliphatic rings. The molecule has 2 aromatic carbocycles. The van der Waals surface area contributed by atoms with Crippen LogP contribution in [0.15, 0.2) is 53.4 Å². The van der Waals surface area contributed by atoms with E-state index in [4.69, 9.17) is 17.0 Å². The smallest absolute Gasteiger partial charge is 0.338 e. The Bertz CT molecular complexity index is 718. The molecule has 0 spiro atoms. The molecule has 6 heteroatoms. The van der Waals surface area contributed by atoms with Crippen molar-refractivity contribution in [1.29, 1.82) is 0 Å². The SMILES string of the molecule is CCCCOC(=O)c1ccc(NC(=S)Nc2cccc(SC)c2)cc1. The van der Waals surface area contributed by atoms with Gasteiger partial charge in [-0.1, -0.05) is 19.4 Å². The number of rotatable bonds is 7. The van der Waals surface area contributed by atoms with E-state index < -0.39 is 0 Å². The maximum Gasteiger partial charge on any atom is 0.338 e. The van der Waals surface area contributed by atoms with E-state index in [1.54, 1.807) is 23.9 Å². The van der Waals surface area contributed by atoms with Gasteiger partial charge < -0.3 is 15.4 Å². The van der Waals surface area contributed by atoms with Gasteiger partial charge in [-0.25, -0.2) is 4.79 Å². The quantitative estimate of drug-likeness (QED) is 0.302. The number of ether oxygens (including phenoxy) is 1. The predicted molar refractivity (Wildman–Crippen MR) is 110 cm³/mol. The Morgan fingerprint density at radius 3 is 2.52 bits per heavy atom. The number of unbranched alkanes of at least 4 members (excludes halogenated alkanes) is 1. The average molecular weight is 375 g/mol. The molecule has 2 aromatic rings. The molecule has 2 N–H and O–H groups in total. The van der Waals surface area contributed by atoms with E-state index in [1.807, 2.05) is 42.7 Å². The second kappa shape index (κ2) is 10.1. The first-order valence-electron chi connectivity index (χ1n) is 8.11. The van der Waals surface area contributed by atoms with Crippen molar-refractivity contribution in [2.75, 3.05) is 23.5 Å². The highest BCUT2D eigenvalue weighted by Gasteiger charge is 2.07. The summed E-state index contributed by atoms with van der Waals surface area (Å²) in [4.78, 5) is 13.0. The molecule has 4 nitrogen and oxygen atoms in total. The Kier molecular flexibility index (Phi) is 7.76.